The van der Waals surface area contributed by atoms with Crippen molar-refractivity contribution in [3.8, 4) is 22.9 Å². The van der Waals surface area contributed by atoms with Crippen molar-refractivity contribution in [1.82, 2.24) is 10.1 Å². The minimum absolute atomic E-state index is 0.427. The second-order valence-electron chi connectivity index (χ2n) is 6.73. The lowest BCUT2D eigenvalue weighted by atomic mass is 9.97. The van der Waals surface area contributed by atoms with Crippen LogP contribution >= 0.6 is 0 Å². The van der Waals surface area contributed by atoms with Crippen LogP contribution in [0.4, 0.5) is 5.69 Å². The molecule has 0 bridgehead atoms. The number of para-hydroxylation sites is 1. The summed E-state index contributed by atoms with van der Waals surface area (Å²) in [6.45, 7) is 2.83. The van der Waals surface area contributed by atoms with Gasteiger partial charge >= 0.3 is 0 Å². The predicted molar refractivity (Wildman–Crippen MR) is 103 cm³/mol. The number of aromatic nitrogens is 2. The molecule has 0 N–H and O–H groups in total. The van der Waals surface area contributed by atoms with Gasteiger partial charge in [-0.05, 0) is 49.6 Å². The number of nitrogens with zero attached hydrogens (tertiary/aromatic N) is 3. The van der Waals surface area contributed by atoms with Crippen LogP contribution in [0, 0.1) is 0 Å². The van der Waals surface area contributed by atoms with E-state index < -0.39 is 0 Å². The molecule has 140 valence electrons. The van der Waals surface area contributed by atoms with Gasteiger partial charge < -0.3 is 18.9 Å². The molecule has 0 radical (unpaired) electrons. The van der Waals surface area contributed by atoms with Crippen molar-refractivity contribution in [1.29, 1.82) is 0 Å². The van der Waals surface area contributed by atoms with Crippen molar-refractivity contribution < 1.29 is 14.0 Å². The summed E-state index contributed by atoms with van der Waals surface area (Å²) >= 11 is 0. The van der Waals surface area contributed by atoms with Gasteiger partial charge in [0.25, 0.3) is 0 Å². The predicted octanol–water partition coefficient (Wildman–Crippen LogP) is 4.10. The van der Waals surface area contributed by atoms with E-state index in [0.29, 0.717) is 35.8 Å². The van der Waals surface area contributed by atoms with Gasteiger partial charge in [0, 0.05) is 17.3 Å². The summed E-state index contributed by atoms with van der Waals surface area (Å²) in [4.78, 5) is 6.94. The van der Waals surface area contributed by atoms with E-state index in [4.69, 9.17) is 14.0 Å². The molecule has 0 fully saturated rings. The Bertz CT molecular complexity index is 938. The molecule has 1 unspecified atom stereocenters. The number of anilines is 1. The average Bonchev–Trinajstić information content (AvgIpc) is 3.18. The summed E-state index contributed by atoms with van der Waals surface area (Å²) < 4.78 is 16.2. The van der Waals surface area contributed by atoms with Crippen LogP contribution in [0.15, 0.2) is 47.0 Å². The molecule has 27 heavy (non-hydrogen) atoms. The minimum Gasteiger partial charge on any atom is -0.493 e. The first-order valence-electron chi connectivity index (χ1n) is 9.09. The highest BCUT2D eigenvalue weighted by Crippen LogP contribution is 2.33. The Morgan fingerprint density at radius 1 is 1.11 bits per heavy atom. The highest BCUT2D eigenvalue weighted by Gasteiger charge is 2.24. The van der Waals surface area contributed by atoms with E-state index >= 15 is 0 Å². The second kappa shape index (κ2) is 7.31. The van der Waals surface area contributed by atoms with Crippen LogP contribution in [0.25, 0.3) is 11.4 Å². The van der Waals surface area contributed by atoms with Crippen molar-refractivity contribution >= 4 is 5.69 Å². The molecule has 0 saturated carbocycles. The van der Waals surface area contributed by atoms with Gasteiger partial charge in [0.15, 0.2) is 11.5 Å². The van der Waals surface area contributed by atoms with Crippen molar-refractivity contribution in [2.45, 2.75) is 32.4 Å². The Morgan fingerprint density at radius 3 is 2.74 bits per heavy atom. The van der Waals surface area contributed by atoms with E-state index in [-0.39, 0.29) is 0 Å². The second-order valence-corrected chi connectivity index (χ2v) is 6.73. The van der Waals surface area contributed by atoms with Crippen LogP contribution < -0.4 is 14.4 Å². The molecule has 1 atom stereocenters. The van der Waals surface area contributed by atoms with E-state index in [1.54, 1.807) is 14.2 Å². The smallest absolute Gasteiger partial charge is 0.246 e. The number of hydrogen-bond donors (Lipinski definition) is 0. The molecule has 6 nitrogen and oxygen atoms in total. The number of fused-ring (bicyclic) bond motifs is 1. The van der Waals surface area contributed by atoms with E-state index in [1.807, 2.05) is 18.2 Å². The molecule has 6 heteroatoms. The Labute approximate surface area is 158 Å². The normalized spacial score (nSPS) is 16.1. The molecule has 0 saturated heterocycles. The molecule has 1 aliphatic rings. The number of methoxy groups -OCH3 is 2. The van der Waals surface area contributed by atoms with Gasteiger partial charge in [0.2, 0.25) is 11.7 Å². The highest BCUT2D eigenvalue weighted by molar-refractivity contribution is 5.61. The van der Waals surface area contributed by atoms with Gasteiger partial charge in [0.1, 0.15) is 0 Å². The fourth-order valence-electron chi connectivity index (χ4n) is 3.56. The maximum atomic E-state index is 5.54. The van der Waals surface area contributed by atoms with Crippen molar-refractivity contribution in [3.63, 3.8) is 0 Å². The van der Waals surface area contributed by atoms with Crippen LogP contribution in [0.3, 0.4) is 0 Å². The van der Waals surface area contributed by atoms with Crippen molar-refractivity contribution in [2.75, 3.05) is 19.1 Å². The summed E-state index contributed by atoms with van der Waals surface area (Å²) in [5, 5.41) is 4.15. The minimum atomic E-state index is 0.427. The zero-order chi connectivity index (χ0) is 18.8. The highest BCUT2D eigenvalue weighted by atomic mass is 16.5. The van der Waals surface area contributed by atoms with Gasteiger partial charge in [-0.1, -0.05) is 23.4 Å². The van der Waals surface area contributed by atoms with Gasteiger partial charge in [-0.15, -0.1) is 0 Å². The summed E-state index contributed by atoms with van der Waals surface area (Å²) in [6, 6.07) is 14.5. The van der Waals surface area contributed by atoms with E-state index in [1.165, 1.54) is 11.3 Å². The number of ether oxygens (including phenoxy) is 2. The fourth-order valence-corrected chi connectivity index (χ4v) is 3.56. The molecule has 0 amide bonds. The van der Waals surface area contributed by atoms with Crippen LogP contribution in [-0.4, -0.2) is 30.4 Å². The first-order chi connectivity index (χ1) is 13.2. The standard InChI is InChI=1S/C21H23N3O3/c1-14-8-9-15-6-4-5-7-17(15)24(14)13-20-22-21(23-27-20)16-10-11-18(25-2)19(12-16)26-3/h4-7,10-12,14H,8-9,13H2,1-3H3. The average molecular weight is 365 g/mol. The van der Waals surface area contributed by atoms with Gasteiger partial charge in [-0.2, -0.15) is 4.98 Å². The number of hydrogen-bond acceptors (Lipinski definition) is 6. The van der Waals surface area contributed by atoms with Gasteiger partial charge in [-0.25, -0.2) is 0 Å². The Balaban J connectivity index is 1.59. The summed E-state index contributed by atoms with van der Waals surface area (Å²) in [7, 11) is 3.22. The maximum Gasteiger partial charge on any atom is 0.246 e. The Hall–Kier alpha value is -3.02. The van der Waals surface area contributed by atoms with Crippen molar-refractivity contribution in [3.05, 3.63) is 53.9 Å². The van der Waals surface area contributed by atoms with Crippen LogP contribution in [0.1, 0.15) is 24.8 Å². The van der Waals surface area contributed by atoms with Gasteiger partial charge in [-0.3, -0.25) is 0 Å². The summed E-state index contributed by atoms with van der Waals surface area (Å²) in [5.74, 6) is 2.45. The lowest BCUT2D eigenvalue weighted by Crippen LogP contribution is -2.36. The number of aryl methyl sites for hydroxylation is 1. The Kier molecular flexibility index (Phi) is 4.71. The monoisotopic (exact) mass is 365 g/mol. The summed E-state index contributed by atoms with van der Waals surface area (Å²) in [5.41, 5.74) is 3.45. The number of benzene rings is 2. The third-order valence-corrected chi connectivity index (χ3v) is 5.08. The molecule has 1 aromatic heterocycles. The first-order valence-corrected chi connectivity index (χ1v) is 9.09. The topological polar surface area (TPSA) is 60.6 Å². The van der Waals surface area contributed by atoms with E-state index in [2.05, 4.69) is 46.2 Å². The number of rotatable bonds is 5. The van der Waals surface area contributed by atoms with E-state index in [9.17, 15) is 0 Å². The van der Waals surface area contributed by atoms with E-state index in [0.717, 1.165) is 18.4 Å². The molecule has 4 rings (SSSR count). The third-order valence-electron chi connectivity index (χ3n) is 5.08. The molecule has 2 heterocycles. The van der Waals surface area contributed by atoms with Crippen LogP contribution in [0.2, 0.25) is 0 Å². The van der Waals surface area contributed by atoms with Crippen molar-refractivity contribution in [2.24, 2.45) is 0 Å². The molecule has 2 aromatic carbocycles. The lowest BCUT2D eigenvalue weighted by Gasteiger charge is -2.36. The zero-order valence-corrected chi connectivity index (χ0v) is 15.8. The third kappa shape index (κ3) is 3.35. The maximum absolute atomic E-state index is 5.54. The zero-order valence-electron chi connectivity index (χ0n) is 15.8. The fraction of sp³-hybridized carbons (Fsp3) is 0.333. The lowest BCUT2D eigenvalue weighted by molar-refractivity contribution is 0.355. The van der Waals surface area contributed by atoms with Crippen LogP contribution in [-0.2, 0) is 13.0 Å². The molecular weight excluding hydrogens is 342 g/mol. The molecule has 0 aliphatic carbocycles. The largest absolute Gasteiger partial charge is 0.493 e. The molecule has 0 spiro atoms. The Morgan fingerprint density at radius 2 is 1.93 bits per heavy atom. The summed E-state index contributed by atoms with van der Waals surface area (Å²) in [6.07, 6.45) is 2.22. The van der Waals surface area contributed by atoms with Gasteiger partial charge in [0.05, 0.1) is 20.8 Å². The SMILES string of the molecule is COc1ccc(-c2noc(CN3c4ccccc4CCC3C)n2)cc1OC. The molecular formula is C21H23N3O3. The first kappa shape index (κ1) is 17.4. The van der Waals surface area contributed by atoms with Crippen LogP contribution in [0.5, 0.6) is 11.5 Å². The molecule has 3 aromatic rings. The quantitative estimate of drug-likeness (QED) is 0.678. The molecule has 1 aliphatic heterocycles.